The molecule has 0 aromatic carbocycles. The second-order valence-electron chi connectivity index (χ2n) is 21.8. The zero-order chi connectivity index (χ0) is 40.8. The van der Waals surface area contributed by atoms with E-state index < -0.39 is 34.2 Å². The van der Waals surface area contributed by atoms with E-state index in [0.717, 1.165) is 56.1 Å². The van der Waals surface area contributed by atoms with Crippen molar-refractivity contribution in [3.8, 4) is 0 Å². The van der Waals surface area contributed by atoms with E-state index in [1.165, 1.54) is 0 Å². The zero-order valence-corrected chi connectivity index (χ0v) is 35.6. The summed E-state index contributed by atoms with van der Waals surface area (Å²) in [6.07, 6.45) is 7.19. The minimum absolute atomic E-state index is 0.00919. The molecule has 0 unspecified atom stereocenters. The molecule has 5 saturated carbocycles. The fourth-order valence-electron chi connectivity index (χ4n) is 14.9. The van der Waals surface area contributed by atoms with Crippen molar-refractivity contribution >= 4 is 29.5 Å². The van der Waals surface area contributed by atoms with E-state index in [1.807, 2.05) is 13.8 Å². The van der Waals surface area contributed by atoms with Gasteiger partial charge in [-0.1, -0.05) is 48.5 Å². The van der Waals surface area contributed by atoms with Gasteiger partial charge in [0.2, 0.25) is 11.8 Å². The van der Waals surface area contributed by atoms with Crippen LogP contribution in [0.4, 0.5) is 0 Å². The zero-order valence-electron chi connectivity index (χ0n) is 35.6. The normalized spacial score (nSPS) is 45.0. The standard InChI is InChI=1S/C45H67N3O8/c1-25(2)32-29(49)24-44(36(53)46-39(5,6)37(54)48-19-21-55-22-20-48)17-15-40(7)26(33(32)44)11-12-30-41(40,8)16-18-45-42(30,9)14-13-31(43(45,10)47-45)56-35(52)28-23-27(34(50)51)38(28,3)4/h25-28,30-31,47H,11-24H2,1-10H3,(H,46,53)(H,50,51)/t26-,27+,28-,30+,31+,40-,41-,42-,43-,44-,45+/m1/s1. The van der Waals surface area contributed by atoms with Gasteiger partial charge in [-0.15, -0.1) is 0 Å². The summed E-state index contributed by atoms with van der Waals surface area (Å²) in [6, 6.07) is 0. The number of Topliss-reactive ketones (excluding diaryl/α,β-unsaturated/α-hetero) is 1. The average Bonchev–Trinajstić information content (AvgIpc) is 3.64. The molecule has 1 spiro atoms. The number of hydrogen-bond acceptors (Lipinski definition) is 8. The van der Waals surface area contributed by atoms with E-state index >= 15 is 0 Å². The van der Waals surface area contributed by atoms with Gasteiger partial charge in [0.25, 0.3) is 0 Å². The second kappa shape index (κ2) is 12.4. The van der Waals surface area contributed by atoms with Crippen LogP contribution in [0, 0.1) is 56.7 Å². The predicted molar refractivity (Wildman–Crippen MR) is 209 cm³/mol. The Morgan fingerprint density at radius 2 is 1.55 bits per heavy atom. The van der Waals surface area contributed by atoms with Crippen molar-refractivity contribution in [3.05, 3.63) is 11.1 Å². The number of aliphatic carboxylic acids is 1. The summed E-state index contributed by atoms with van der Waals surface area (Å²) >= 11 is 0. The number of ether oxygens (including phenoxy) is 2. The summed E-state index contributed by atoms with van der Waals surface area (Å²) in [5, 5.41) is 16.9. The minimum Gasteiger partial charge on any atom is -0.481 e. The molecule has 8 rings (SSSR count). The third-order valence-corrected chi connectivity index (χ3v) is 18.6. The molecular formula is C45H67N3O8. The summed E-state index contributed by atoms with van der Waals surface area (Å²) in [7, 11) is 0. The first-order valence-electron chi connectivity index (χ1n) is 21.7. The number of esters is 1. The van der Waals surface area contributed by atoms with Crippen LogP contribution in [0.3, 0.4) is 0 Å². The Balaban J connectivity index is 1.06. The molecule has 0 bridgehead atoms. The molecule has 11 nitrogen and oxygen atoms in total. The number of hydrogen-bond donors (Lipinski definition) is 3. The Hall–Kier alpha value is -2.79. The van der Waals surface area contributed by atoms with Crippen LogP contribution in [0.15, 0.2) is 11.1 Å². The lowest BCUT2D eigenvalue weighted by molar-refractivity contribution is -0.199. The number of nitrogens with one attached hydrogen (secondary N) is 2. The van der Waals surface area contributed by atoms with Gasteiger partial charge in [0.05, 0.1) is 36.0 Å². The second-order valence-corrected chi connectivity index (χ2v) is 21.8. The number of nitrogens with zero attached hydrogens (tertiary/aromatic N) is 1. The van der Waals surface area contributed by atoms with Gasteiger partial charge in [0.1, 0.15) is 11.6 Å². The Morgan fingerprint density at radius 1 is 0.893 bits per heavy atom. The first kappa shape index (κ1) is 40.0. The topological polar surface area (TPSA) is 161 Å². The first-order chi connectivity index (χ1) is 26.0. The number of amides is 2. The van der Waals surface area contributed by atoms with E-state index in [-0.39, 0.29) is 75.3 Å². The van der Waals surface area contributed by atoms with E-state index in [2.05, 4.69) is 52.2 Å². The van der Waals surface area contributed by atoms with Crippen LogP contribution in [-0.2, 0) is 33.4 Å². The number of fused-ring (bicyclic) bond motifs is 6. The van der Waals surface area contributed by atoms with Crippen molar-refractivity contribution in [1.29, 1.82) is 0 Å². The maximum atomic E-state index is 14.9. The number of carboxylic acids is 1. The number of carboxylic acid groups (broad SMARTS) is 1. The van der Waals surface area contributed by atoms with Crippen LogP contribution in [0.2, 0.25) is 0 Å². The number of rotatable bonds is 7. The molecule has 2 saturated heterocycles. The van der Waals surface area contributed by atoms with Crippen molar-refractivity contribution in [2.75, 3.05) is 26.3 Å². The van der Waals surface area contributed by atoms with Crippen molar-refractivity contribution in [2.45, 2.75) is 156 Å². The number of ketones is 1. The van der Waals surface area contributed by atoms with Gasteiger partial charge >= 0.3 is 11.9 Å². The van der Waals surface area contributed by atoms with Gasteiger partial charge in [-0.25, -0.2) is 0 Å². The lowest BCUT2D eigenvalue weighted by atomic mass is 9.33. The summed E-state index contributed by atoms with van der Waals surface area (Å²) < 4.78 is 11.9. The monoisotopic (exact) mass is 777 g/mol. The van der Waals surface area contributed by atoms with Gasteiger partial charge in [0.15, 0.2) is 5.78 Å². The summed E-state index contributed by atoms with van der Waals surface area (Å²) in [5.41, 5.74) is -1.57. The van der Waals surface area contributed by atoms with E-state index in [9.17, 15) is 29.1 Å². The highest BCUT2D eigenvalue weighted by atomic mass is 16.5. The molecule has 2 amide bonds. The Bertz CT molecular complexity index is 1800. The fraction of sp³-hybridized carbons (Fsp3) is 0.844. The van der Waals surface area contributed by atoms with Crippen LogP contribution in [0.5, 0.6) is 0 Å². The van der Waals surface area contributed by atoms with Gasteiger partial charge in [-0.2, -0.15) is 0 Å². The van der Waals surface area contributed by atoms with E-state index in [0.29, 0.717) is 45.1 Å². The highest BCUT2D eigenvalue weighted by molar-refractivity contribution is 6.07. The molecule has 7 fully saturated rings. The van der Waals surface area contributed by atoms with Crippen molar-refractivity contribution in [3.63, 3.8) is 0 Å². The molecule has 3 N–H and O–H groups in total. The SMILES string of the molecule is CC(C)C1=C2[C@H]3CC[C@@H]4[C@@]5(C)CC[C@H](OC(=O)[C@H]6C[C@@H](C(=O)O)C6(C)C)[C@@]6(C)N[C@@]56CC[C@@]4(C)[C@]3(C)CC[C@@]2(C(=O)NC(C)(C)C(=O)N2CCOCC2)CC1=O. The number of carbonyl (C=O) groups is 5. The molecule has 56 heavy (non-hydrogen) atoms. The number of carbonyl (C=O) groups excluding carboxylic acids is 4. The molecule has 0 radical (unpaired) electrons. The van der Waals surface area contributed by atoms with Crippen LogP contribution in [0.1, 0.15) is 133 Å². The van der Waals surface area contributed by atoms with Crippen molar-refractivity contribution in [2.24, 2.45) is 56.7 Å². The molecule has 6 aliphatic carbocycles. The van der Waals surface area contributed by atoms with Gasteiger partial charge in [0, 0.05) is 25.0 Å². The molecule has 11 heteroatoms. The number of morpholine rings is 1. The summed E-state index contributed by atoms with van der Waals surface area (Å²) in [6.45, 7) is 23.2. The lowest BCUT2D eigenvalue weighted by Crippen LogP contribution is -2.68. The van der Waals surface area contributed by atoms with Gasteiger partial charge in [-0.3, -0.25) is 29.3 Å². The minimum atomic E-state index is -1.12. The molecule has 2 aliphatic heterocycles. The molecule has 11 atom stereocenters. The third kappa shape index (κ3) is 4.97. The van der Waals surface area contributed by atoms with Crippen LogP contribution >= 0.6 is 0 Å². The molecule has 310 valence electrons. The molecule has 2 heterocycles. The Labute approximate surface area is 333 Å². The van der Waals surface area contributed by atoms with E-state index in [1.54, 1.807) is 18.7 Å². The number of allylic oxidation sites excluding steroid dienone is 1. The molecular weight excluding hydrogens is 711 g/mol. The predicted octanol–water partition coefficient (Wildman–Crippen LogP) is 5.84. The summed E-state index contributed by atoms with van der Waals surface area (Å²) in [5.74, 6) is -1.80. The van der Waals surface area contributed by atoms with Crippen LogP contribution in [-0.4, -0.2) is 88.6 Å². The van der Waals surface area contributed by atoms with Gasteiger partial charge < -0.3 is 24.8 Å². The maximum absolute atomic E-state index is 14.9. The summed E-state index contributed by atoms with van der Waals surface area (Å²) in [4.78, 5) is 70.0. The van der Waals surface area contributed by atoms with Crippen LogP contribution in [0.25, 0.3) is 0 Å². The van der Waals surface area contributed by atoms with E-state index in [4.69, 9.17) is 9.47 Å². The average molecular weight is 778 g/mol. The highest BCUT2D eigenvalue weighted by Gasteiger charge is 2.83. The molecule has 0 aromatic heterocycles. The largest absolute Gasteiger partial charge is 0.481 e. The first-order valence-corrected chi connectivity index (χ1v) is 21.7. The Morgan fingerprint density at radius 3 is 2.18 bits per heavy atom. The maximum Gasteiger partial charge on any atom is 0.309 e. The Kier molecular flexibility index (Phi) is 8.84. The molecule has 8 aliphatic rings. The van der Waals surface area contributed by atoms with Crippen molar-refractivity contribution in [1.82, 2.24) is 15.5 Å². The third-order valence-electron chi connectivity index (χ3n) is 18.6. The lowest BCUT2D eigenvalue weighted by Gasteiger charge is -2.70. The molecule has 0 aromatic rings. The van der Waals surface area contributed by atoms with Crippen LogP contribution < -0.4 is 10.6 Å². The quantitative estimate of drug-likeness (QED) is 0.213. The fourth-order valence-corrected chi connectivity index (χ4v) is 14.9. The van der Waals surface area contributed by atoms with Crippen molar-refractivity contribution < 1.29 is 38.6 Å². The smallest absolute Gasteiger partial charge is 0.309 e. The van der Waals surface area contributed by atoms with Gasteiger partial charge in [-0.05, 0) is 129 Å². The highest BCUT2D eigenvalue weighted by Crippen LogP contribution is 2.79.